The van der Waals surface area contributed by atoms with Crippen LogP contribution >= 0.6 is 22.7 Å². The van der Waals surface area contributed by atoms with Crippen LogP contribution in [-0.2, 0) is 19.1 Å². The van der Waals surface area contributed by atoms with Gasteiger partial charge in [-0.1, -0.05) is 18.6 Å². The Morgan fingerprint density at radius 3 is 2.56 bits per heavy atom. The van der Waals surface area contributed by atoms with Crippen LogP contribution in [0.15, 0.2) is 45.7 Å². The number of carbonyl (C=O) groups is 3. The van der Waals surface area contributed by atoms with Crippen molar-refractivity contribution in [2.24, 2.45) is 28.8 Å². The van der Waals surface area contributed by atoms with Crippen LogP contribution in [-0.4, -0.2) is 35.0 Å². The van der Waals surface area contributed by atoms with E-state index in [1.165, 1.54) is 10.5 Å². The highest BCUT2D eigenvalue weighted by Crippen LogP contribution is 2.46. The molecule has 3 saturated carbocycles. The van der Waals surface area contributed by atoms with Gasteiger partial charge < -0.3 is 4.74 Å². The first-order valence-electron chi connectivity index (χ1n) is 13.0. The lowest BCUT2D eigenvalue weighted by molar-refractivity contribution is -0.159. The van der Waals surface area contributed by atoms with Crippen molar-refractivity contribution in [3.8, 4) is 0 Å². The SMILES string of the molecule is O=C(OCC(=O)N1N=C2C(=Cc3cccs3)CCCC2C1c1cccs1)C1CC2CCCC(C1)C2=O. The minimum atomic E-state index is -0.344. The summed E-state index contributed by atoms with van der Waals surface area (Å²) in [7, 11) is 0. The van der Waals surface area contributed by atoms with Crippen molar-refractivity contribution in [2.45, 2.75) is 57.4 Å². The number of esters is 1. The maximum absolute atomic E-state index is 13.4. The van der Waals surface area contributed by atoms with E-state index in [9.17, 15) is 14.4 Å². The molecule has 188 valence electrons. The smallest absolute Gasteiger partial charge is 0.309 e. The van der Waals surface area contributed by atoms with Gasteiger partial charge in [-0.05, 0) is 79.5 Å². The molecule has 6 nitrogen and oxygen atoms in total. The number of allylic oxidation sites excluding steroid dienone is 1. The van der Waals surface area contributed by atoms with Gasteiger partial charge >= 0.3 is 5.97 Å². The second-order valence-electron chi connectivity index (χ2n) is 10.4. The Morgan fingerprint density at radius 1 is 1.06 bits per heavy atom. The molecule has 4 aliphatic rings. The van der Waals surface area contributed by atoms with Crippen LogP contribution in [0, 0.1) is 23.7 Å². The van der Waals surface area contributed by atoms with Gasteiger partial charge in [0.15, 0.2) is 6.61 Å². The number of Topliss-reactive ketones (excluding diaryl/α,β-unsaturated/α-hetero) is 1. The van der Waals surface area contributed by atoms with Crippen LogP contribution < -0.4 is 0 Å². The lowest BCUT2D eigenvalue weighted by Crippen LogP contribution is -2.40. The van der Waals surface area contributed by atoms with Crippen LogP contribution in [0.3, 0.4) is 0 Å². The van der Waals surface area contributed by atoms with Gasteiger partial charge in [0.2, 0.25) is 0 Å². The van der Waals surface area contributed by atoms with Crippen LogP contribution in [0.2, 0.25) is 0 Å². The highest BCUT2D eigenvalue weighted by molar-refractivity contribution is 7.11. The summed E-state index contributed by atoms with van der Waals surface area (Å²) >= 11 is 3.33. The third-order valence-electron chi connectivity index (χ3n) is 8.17. The molecule has 4 atom stereocenters. The van der Waals surface area contributed by atoms with Crippen LogP contribution in [0.5, 0.6) is 0 Å². The predicted molar refractivity (Wildman–Crippen MR) is 140 cm³/mol. The van der Waals surface area contributed by atoms with Crippen LogP contribution in [0.4, 0.5) is 0 Å². The first-order chi connectivity index (χ1) is 17.6. The summed E-state index contributed by atoms with van der Waals surface area (Å²) in [5.41, 5.74) is 2.19. The summed E-state index contributed by atoms with van der Waals surface area (Å²) in [5.74, 6) is -0.485. The summed E-state index contributed by atoms with van der Waals surface area (Å²) < 4.78 is 5.57. The van der Waals surface area contributed by atoms with Crippen molar-refractivity contribution in [3.63, 3.8) is 0 Å². The van der Waals surface area contributed by atoms with Gasteiger partial charge in [0, 0.05) is 27.5 Å². The molecule has 0 saturated heterocycles. The summed E-state index contributed by atoms with van der Waals surface area (Å²) in [4.78, 5) is 41.0. The average molecular weight is 523 g/mol. The zero-order valence-electron chi connectivity index (χ0n) is 20.1. The molecule has 3 aliphatic carbocycles. The molecule has 1 aliphatic heterocycles. The lowest BCUT2D eigenvalue weighted by Gasteiger charge is -2.36. The normalized spacial score (nSPS) is 30.7. The Morgan fingerprint density at radius 2 is 1.83 bits per heavy atom. The van der Waals surface area contributed by atoms with E-state index in [1.807, 2.05) is 17.5 Å². The fourth-order valence-electron chi connectivity index (χ4n) is 6.48. The van der Waals surface area contributed by atoms with E-state index < -0.39 is 0 Å². The van der Waals surface area contributed by atoms with E-state index in [0.717, 1.165) is 49.1 Å². The molecule has 36 heavy (non-hydrogen) atoms. The van der Waals surface area contributed by atoms with Gasteiger partial charge in [0.1, 0.15) is 5.78 Å². The van der Waals surface area contributed by atoms with Gasteiger partial charge in [-0.2, -0.15) is 5.10 Å². The molecule has 2 bridgehead atoms. The highest BCUT2D eigenvalue weighted by atomic mass is 32.1. The minimum Gasteiger partial charge on any atom is -0.455 e. The number of carbonyl (C=O) groups excluding carboxylic acids is 3. The molecule has 0 radical (unpaired) electrons. The molecule has 2 aromatic heterocycles. The first-order valence-corrected chi connectivity index (χ1v) is 14.7. The fourth-order valence-corrected chi connectivity index (χ4v) is 8.04. The molecular formula is C28H30N2O4S2. The van der Waals surface area contributed by atoms with Crippen LogP contribution in [0.25, 0.3) is 6.08 Å². The van der Waals surface area contributed by atoms with Gasteiger partial charge in [-0.25, -0.2) is 5.01 Å². The number of ether oxygens (including phenoxy) is 1. The quantitative estimate of drug-likeness (QED) is 0.460. The number of nitrogens with zero attached hydrogens (tertiary/aromatic N) is 2. The number of fused-ring (bicyclic) bond motifs is 3. The molecule has 8 heteroatoms. The topological polar surface area (TPSA) is 76.0 Å². The van der Waals surface area contributed by atoms with E-state index in [0.29, 0.717) is 18.6 Å². The van der Waals surface area contributed by atoms with Crippen molar-refractivity contribution in [1.82, 2.24) is 5.01 Å². The Balaban J connectivity index is 1.19. The van der Waals surface area contributed by atoms with Crippen molar-refractivity contribution in [2.75, 3.05) is 6.61 Å². The molecule has 1 amide bonds. The van der Waals surface area contributed by atoms with Gasteiger partial charge in [-0.3, -0.25) is 14.4 Å². The molecule has 4 unspecified atom stereocenters. The third kappa shape index (κ3) is 4.50. The van der Waals surface area contributed by atoms with Gasteiger partial charge in [0.05, 0.1) is 17.7 Å². The molecule has 3 fully saturated rings. The molecule has 3 heterocycles. The van der Waals surface area contributed by atoms with E-state index in [1.54, 1.807) is 27.7 Å². The van der Waals surface area contributed by atoms with Crippen molar-refractivity contribution in [1.29, 1.82) is 0 Å². The summed E-state index contributed by atoms with van der Waals surface area (Å²) in [6, 6.07) is 8.05. The molecule has 2 aromatic rings. The number of thiophene rings is 2. The summed E-state index contributed by atoms with van der Waals surface area (Å²) in [6.07, 6.45) is 9.11. The molecule has 0 spiro atoms. The predicted octanol–water partition coefficient (Wildman–Crippen LogP) is 5.87. The van der Waals surface area contributed by atoms with E-state index >= 15 is 0 Å². The first kappa shape index (κ1) is 23.8. The van der Waals surface area contributed by atoms with Gasteiger partial charge in [-0.15, -0.1) is 22.7 Å². The van der Waals surface area contributed by atoms with E-state index in [2.05, 4.69) is 23.6 Å². The Hall–Kier alpha value is -2.58. The van der Waals surface area contributed by atoms with E-state index in [-0.39, 0.29) is 48.2 Å². The number of hydrogen-bond acceptors (Lipinski definition) is 7. The van der Waals surface area contributed by atoms with Gasteiger partial charge in [0.25, 0.3) is 5.91 Å². The second kappa shape index (κ2) is 10.1. The van der Waals surface area contributed by atoms with Crippen molar-refractivity contribution >= 4 is 52.1 Å². The Labute approximate surface area is 219 Å². The van der Waals surface area contributed by atoms with Crippen molar-refractivity contribution in [3.05, 3.63) is 50.4 Å². The summed E-state index contributed by atoms with van der Waals surface area (Å²) in [5, 5.41) is 10.5. The minimum absolute atomic E-state index is 0.0179. The number of rotatable bonds is 5. The van der Waals surface area contributed by atoms with Crippen LogP contribution in [0.1, 0.15) is 67.2 Å². The second-order valence-corrected chi connectivity index (χ2v) is 12.3. The number of amides is 1. The van der Waals surface area contributed by atoms with E-state index in [4.69, 9.17) is 9.84 Å². The monoisotopic (exact) mass is 522 g/mol. The standard InChI is InChI=1S/C28H30N2O4S2/c31-24(16-34-28(33)20-13-18-6-1-7-19(14-20)27(18)32)30-26(23-10-4-12-36-23)22-9-2-5-17(25(22)29-30)15-21-8-3-11-35-21/h3-4,8,10-12,15,18-20,22,26H,1-2,5-7,9,13-14,16H2. The zero-order valence-corrected chi connectivity index (χ0v) is 21.8. The average Bonchev–Trinajstić information content (AvgIpc) is 3.63. The number of hydrazone groups is 1. The highest BCUT2D eigenvalue weighted by Gasteiger charge is 2.45. The number of hydrogen-bond donors (Lipinski definition) is 0. The number of ketones is 1. The fraction of sp³-hybridized carbons (Fsp3) is 0.500. The Bertz CT molecular complexity index is 1180. The maximum Gasteiger partial charge on any atom is 0.309 e. The molecule has 0 N–H and O–H groups in total. The lowest BCUT2D eigenvalue weighted by atomic mass is 9.67. The summed E-state index contributed by atoms with van der Waals surface area (Å²) in [6.45, 7) is -0.312. The zero-order chi connectivity index (χ0) is 24.6. The molecule has 6 rings (SSSR count). The molecular weight excluding hydrogens is 492 g/mol. The third-order valence-corrected chi connectivity index (χ3v) is 9.93. The molecule has 0 aromatic carbocycles. The Kier molecular flexibility index (Phi) is 6.65. The largest absolute Gasteiger partial charge is 0.455 e. The van der Waals surface area contributed by atoms with Crippen molar-refractivity contribution < 1.29 is 19.1 Å². The maximum atomic E-state index is 13.4.